The Kier molecular flexibility index (Phi) is 4.57. The summed E-state index contributed by atoms with van der Waals surface area (Å²) in [6.45, 7) is 0.427. The number of imide groups is 1. The summed E-state index contributed by atoms with van der Waals surface area (Å²) in [7, 11) is 0. The van der Waals surface area contributed by atoms with Crippen LogP contribution in [0.25, 0.3) is 0 Å². The first-order valence-electron chi connectivity index (χ1n) is 12.5. The number of carbonyl (C=O) groups is 2. The minimum atomic E-state index is -0.696. The van der Waals surface area contributed by atoms with Crippen molar-refractivity contribution in [2.24, 2.45) is 11.3 Å². The molecule has 7 rings (SSSR count). The zero-order valence-corrected chi connectivity index (χ0v) is 19.4. The van der Waals surface area contributed by atoms with Crippen LogP contribution in [0.15, 0.2) is 84.9 Å². The molecule has 35 heavy (non-hydrogen) atoms. The van der Waals surface area contributed by atoms with Crippen LogP contribution in [0.5, 0.6) is 0 Å². The van der Waals surface area contributed by atoms with Gasteiger partial charge in [-0.1, -0.05) is 72.8 Å². The Balaban J connectivity index is 1.20. The lowest BCUT2D eigenvalue weighted by atomic mass is 9.81. The lowest BCUT2D eigenvalue weighted by molar-refractivity contribution is -0.213. The van der Waals surface area contributed by atoms with E-state index in [0.717, 1.165) is 30.4 Å². The predicted molar refractivity (Wildman–Crippen MR) is 129 cm³/mol. The fourth-order valence-corrected chi connectivity index (χ4v) is 6.96. The van der Waals surface area contributed by atoms with Crippen molar-refractivity contribution in [3.63, 3.8) is 0 Å². The number of nitrogens with zero attached hydrogens (tertiary/aromatic N) is 1. The van der Waals surface area contributed by atoms with E-state index < -0.39 is 5.79 Å². The molecule has 3 aromatic rings. The van der Waals surface area contributed by atoms with Gasteiger partial charge in [0, 0.05) is 18.9 Å². The SMILES string of the molecule is O=C1c2ccccc2C(=O)N1C[C@]12CC[C@H](C1)C1(C2)O[C@@H](c2ccccc2)[C@H](c2ccccc2)O1. The zero-order valence-electron chi connectivity index (χ0n) is 19.4. The van der Waals surface area contributed by atoms with Crippen molar-refractivity contribution < 1.29 is 19.1 Å². The number of hydrogen-bond acceptors (Lipinski definition) is 4. The monoisotopic (exact) mass is 465 g/mol. The van der Waals surface area contributed by atoms with E-state index in [-0.39, 0.29) is 35.4 Å². The third kappa shape index (κ3) is 3.15. The number of rotatable bonds is 4. The Bertz CT molecular complexity index is 1220. The van der Waals surface area contributed by atoms with Crippen LogP contribution < -0.4 is 0 Å². The molecular formula is C30H27NO4. The third-order valence-corrected chi connectivity index (χ3v) is 8.50. The molecule has 2 bridgehead atoms. The van der Waals surface area contributed by atoms with Gasteiger partial charge in [-0.3, -0.25) is 14.5 Å². The van der Waals surface area contributed by atoms with E-state index in [1.165, 1.54) is 4.90 Å². The maximum atomic E-state index is 13.1. The lowest BCUT2D eigenvalue weighted by Gasteiger charge is -2.37. The highest BCUT2D eigenvalue weighted by atomic mass is 16.8. The number of carbonyl (C=O) groups excluding carboxylic acids is 2. The molecule has 0 unspecified atom stereocenters. The minimum Gasteiger partial charge on any atom is -0.339 e. The maximum Gasteiger partial charge on any atom is 0.261 e. The van der Waals surface area contributed by atoms with Gasteiger partial charge in [0.05, 0.1) is 11.1 Å². The largest absolute Gasteiger partial charge is 0.339 e. The van der Waals surface area contributed by atoms with E-state index in [1.807, 2.05) is 48.5 Å². The number of amides is 2. The van der Waals surface area contributed by atoms with Crippen LogP contribution in [0.3, 0.4) is 0 Å². The van der Waals surface area contributed by atoms with Crippen molar-refractivity contribution in [3.8, 4) is 0 Å². The summed E-state index contributed by atoms with van der Waals surface area (Å²) < 4.78 is 13.8. The quantitative estimate of drug-likeness (QED) is 0.464. The summed E-state index contributed by atoms with van der Waals surface area (Å²) in [5.41, 5.74) is 3.06. The molecule has 4 aliphatic rings. The second-order valence-corrected chi connectivity index (χ2v) is 10.6. The van der Waals surface area contributed by atoms with Crippen molar-refractivity contribution in [2.45, 2.75) is 43.7 Å². The van der Waals surface area contributed by atoms with Gasteiger partial charge in [-0.05, 0) is 47.9 Å². The molecule has 0 aromatic heterocycles. The average molecular weight is 466 g/mol. The first kappa shape index (κ1) is 21.0. The molecule has 3 fully saturated rings. The molecule has 2 amide bonds. The Morgan fingerprint density at radius 2 is 1.26 bits per heavy atom. The van der Waals surface area contributed by atoms with Gasteiger partial charge in [0.25, 0.3) is 11.8 Å². The van der Waals surface area contributed by atoms with Crippen LogP contribution in [0.4, 0.5) is 0 Å². The van der Waals surface area contributed by atoms with Gasteiger partial charge >= 0.3 is 0 Å². The molecular weight excluding hydrogens is 438 g/mol. The molecule has 5 nitrogen and oxygen atoms in total. The summed E-state index contributed by atoms with van der Waals surface area (Å²) >= 11 is 0. The van der Waals surface area contributed by atoms with E-state index in [0.29, 0.717) is 24.1 Å². The van der Waals surface area contributed by atoms with E-state index in [9.17, 15) is 9.59 Å². The van der Waals surface area contributed by atoms with Crippen LogP contribution in [0.2, 0.25) is 0 Å². The van der Waals surface area contributed by atoms with Crippen molar-refractivity contribution in [2.75, 3.05) is 6.54 Å². The van der Waals surface area contributed by atoms with E-state index >= 15 is 0 Å². The number of ether oxygens (including phenoxy) is 2. The highest BCUT2D eigenvalue weighted by Gasteiger charge is 2.66. The number of benzene rings is 3. The highest BCUT2D eigenvalue weighted by Crippen LogP contribution is 2.66. The van der Waals surface area contributed by atoms with Crippen molar-refractivity contribution in [1.82, 2.24) is 4.90 Å². The summed E-state index contributed by atoms with van der Waals surface area (Å²) in [5.74, 6) is -0.806. The maximum absolute atomic E-state index is 13.1. The lowest BCUT2D eigenvalue weighted by Crippen LogP contribution is -2.43. The molecule has 2 heterocycles. The standard InChI is InChI=1S/C30H27NO4/c32-27-23-13-7-8-14-24(23)28(33)31(27)19-29-16-15-22(17-29)30(18-29)34-25(20-9-3-1-4-10-20)26(35-30)21-11-5-2-6-12-21/h1-14,22,25-26H,15-19H2/t22-,25+,26+,29-/m1/s1. The average Bonchev–Trinajstić information content (AvgIpc) is 3.63. The van der Waals surface area contributed by atoms with Gasteiger partial charge in [-0.15, -0.1) is 0 Å². The second-order valence-electron chi connectivity index (χ2n) is 10.6. The fraction of sp³-hybridized carbons (Fsp3) is 0.333. The molecule has 5 heteroatoms. The fourth-order valence-electron chi connectivity index (χ4n) is 6.96. The van der Waals surface area contributed by atoms with Crippen LogP contribution in [-0.4, -0.2) is 29.0 Å². The Hall–Kier alpha value is -3.28. The topological polar surface area (TPSA) is 55.8 Å². The Morgan fingerprint density at radius 3 is 1.80 bits per heavy atom. The molecule has 2 aliphatic heterocycles. The first-order valence-corrected chi connectivity index (χ1v) is 12.5. The molecule has 4 atom stereocenters. The molecule has 1 spiro atoms. The van der Waals surface area contributed by atoms with Gasteiger partial charge in [0.2, 0.25) is 0 Å². The van der Waals surface area contributed by atoms with Gasteiger partial charge in [-0.2, -0.15) is 0 Å². The van der Waals surface area contributed by atoms with Crippen molar-refractivity contribution >= 4 is 11.8 Å². The van der Waals surface area contributed by atoms with Crippen LogP contribution in [-0.2, 0) is 9.47 Å². The summed E-state index contributed by atoms with van der Waals surface area (Å²) in [4.78, 5) is 27.7. The van der Waals surface area contributed by atoms with E-state index in [2.05, 4.69) is 24.3 Å². The second kappa shape index (κ2) is 7.61. The normalized spacial score (nSPS) is 30.4. The Labute approximate surface area is 204 Å². The molecule has 0 N–H and O–H groups in total. The van der Waals surface area contributed by atoms with Crippen molar-refractivity contribution in [1.29, 1.82) is 0 Å². The predicted octanol–water partition coefficient (Wildman–Crippen LogP) is 5.70. The minimum absolute atomic E-state index is 0.176. The van der Waals surface area contributed by atoms with E-state index in [4.69, 9.17) is 9.47 Å². The zero-order chi connectivity index (χ0) is 23.6. The van der Waals surface area contributed by atoms with Gasteiger partial charge in [0.1, 0.15) is 12.2 Å². The summed E-state index contributed by atoms with van der Waals surface area (Å²) in [5, 5.41) is 0. The first-order chi connectivity index (χ1) is 17.1. The summed E-state index contributed by atoms with van der Waals surface area (Å²) in [6.07, 6.45) is 3.16. The van der Waals surface area contributed by atoms with Crippen LogP contribution >= 0.6 is 0 Å². The molecule has 3 aromatic carbocycles. The number of hydrogen-bond donors (Lipinski definition) is 0. The molecule has 0 radical (unpaired) electrons. The van der Waals surface area contributed by atoms with Crippen molar-refractivity contribution in [3.05, 3.63) is 107 Å². The highest BCUT2D eigenvalue weighted by molar-refractivity contribution is 6.21. The summed E-state index contributed by atoms with van der Waals surface area (Å²) in [6, 6.07) is 27.7. The molecule has 1 saturated heterocycles. The molecule has 2 aliphatic carbocycles. The molecule has 2 saturated carbocycles. The van der Waals surface area contributed by atoms with E-state index in [1.54, 1.807) is 12.1 Å². The van der Waals surface area contributed by atoms with Crippen LogP contribution in [0, 0.1) is 11.3 Å². The molecule has 176 valence electrons. The number of fused-ring (bicyclic) bond motifs is 4. The Morgan fingerprint density at radius 1 is 0.743 bits per heavy atom. The smallest absolute Gasteiger partial charge is 0.261 e. The van der Waals surface area contributed by atoms with Gasteiger partial charge in [-0.25, -0.2) is 0 Å². The van der Waals surface area contributed by atoms with Gasteiger partial charge < -0.3 is 9.47 Å². The third-order valence-electron chi connectivity index (χ3n) is 8.50. The van der Waals surface area contributed by atoms with Crippen LogP contribution in [0.1, 0.15) is 69.7 Å². The van der Waals surface area contributed by atoms with Gasteiger partial charge in [0.15, 0.2) is 5.79 Å².